The van der Waals surface area contributed by atoms with E-state index >= 15 is 0 Å². The number of furan rings is 1. The quantitative estimate of drug-likeness (QED) is 0.405. The summed E-state index contributed by atoms with van der Waals surface area (Å²) in [6.45, 7) is 2.52. The Balaban J connectivity index is 0.00000264. The molecule has 0 aliphatic carbocycles. The fourth-order valence-electron chi connectivity index (χ4n) is 2.13. The van der Waals surface area contributed by atoms with Gasteiger partial charge in [-0.05, 0) is 24.3 Å². The number of halogens is 1. The van der Waals surface area contributed by atoms with Gasteiger partial charge in [-0.25, -0.2) is 0 Å². The average molecular weight is 428 g/mol. The molecule has 0 aliphatic rings. The Morgan fingerprint density at radius 2 is 1.83 bits per heavy atom. The minimum Gasteiger partial charge on any atom is -0.469 e. The van der Waals surface area contributed by atoms with E-state index in [1.54, 1.807) is 13.3 Å². The van der Waals surface area contributed by atoms with E-state index in [0.29, 0.717) is 0 Å². The molecular weight excluding hydrogens is 403 g/mol. The van der Waals surface area contributed by atoms with Gasteiger partial charge in [0, 0.05) is 45.8 Å². The molecule has 0 aliphatic heterocycles. The fourth-order valence-corrected chi connectivity index (χ4v) is 2.13. The SMILES string of the molecule is CN=C(NCCc1ccco1)NCCN(C)c1ccccc1.I. The summed E-state index contributed by atoms with van der Waals surface area (Å²) in [6, 6.07) is 14.2. The van der Waals surface area contributed by atoms with Crippen molar-refractivity contribution in [2.45, 2.75) is 6.42 Å². The molecule has 0 saturated carbocycles. The Labute approximate surface area is 155 Å². The lowest BCUT2D eigenvalue weighted by molar-refractivity contribution is 0.507. The Bertz CT molecular complexity index is 557. The van der Waals surface area contributed by atoms with Crippen LogP contribution in [0.25, 0.3) is 0 Å². The summed E-state index contributed by atoms with van der Waals surface area (Å²) >= 11 is 0. The first-order chi connectivity index (χ1) is 10.8. The third kappa shape index (κ3) is 6.94. The Morgan fingerprint density at radius 3 is 2.48 bits per heavy atom. The van der Waals surface area contributed by atoms with Crippen molar-refractivity contribution in [1.82, 2.24) is 10.6 Å². The predicted octanol–water partition coefficient (Wildman–Crippen LogP) is 2.74. The molecular formula is C17H25IN4O. The summed E-state index contributed by atoms with van der Waals surface area (Å²) < 4.78 is 5.30. The van der Waals surface area contributed by atoms with Crippen molar-refractivity contribution < 1.29 is 4.42 Å². The van der Waals surface area contributed by atoms with Gasteiger partial charge in [0.2, 0.25) is 0 Å². The molecule has 23 heavy (non-hydrogen) atoms. The molecule has 2 rings (SSSR count). The van der Waals surface area contributed by atoms with Gasteiger partial charge in [-0.2, -0.15) is 0 Å². The Morgan fingerprint density at radius 1 is 1.09 bits per heavy atom. The van der Waals surface area contributed by atoms with Gasteiger partial charge >= 0.3 is 0 Å². The van der Waals surface area contributed by atoms with E-state index in [9.17, 15) is 0 Å². The first-order valence-electron chi connectivity index (χ1n) is 7.52. The molecule has 0 saturated heterocycles. The maximum Gasteiger partial charge on any atom is 0.191 e. The second-order valence-corrected chi connectivity index (χ2v) is 5.01. The molecule has 2 N–H and O–H groups in total. The summed E-state index contributed by atoms with van der Waals surface area (Å²) in [5, 5.41) is 6.60. The van der Waals surface area contributed by atoms with Gasteiger partial charge in [0.25, 0.3) is 0 Å². The number of likely N-dealkylation sites (N-methyl/N-ethyl adjacent to an activating group) is 1. The Kier molecular flexibility index (Phi) is 9.20. The molecule has 0 bridgehead atoms. The van der Waals surface area contributed by atoms with Crippen molar-refractivity contribution in [2.24, 2.45) is 4.99 Å². The summed E-state index contributed by atoms with van der Waals surface area (Å²) in [7, 11) is 3.87. The van der Waals surface area contributed by atoms with Crippen molar-refractivity contribution in [3.05, 3.63) is 54.5 Å². The number of rotatable bonds is 7. The maximum absolute atomic E-state index is 5.30. The van der Waals surface area contributed by atoms with Crippen LogP contribution in [-0.4, -0.2) is 39.7 Å². The zero-order valence-electron chi connectivity index (χ0n) is 13.7. The van der Waals surface area contributed by atoms with Gasteiger partial charge in [-0.3, -0.25) is 4.99 Å². The van der Waals surface area contributed by atoms with Crippen molar-refractivity contribution in [3.63, 3.8) is 0 Å². The average Bonchev–Trinajstić information content (AvgIpc) is 3.07. The third-order valence-electron chi connectivity index (χ3n) is 3.40. The van der Waals surface area contributed by atoms with Gasteiger partial charge in [0.05, 0.1) is 6.26 Å². The zero-order valence-corrected chi connectivity index (χ0v) is 16.0. The topological polar surface area (TPSA) is 52.8 Å². The summed E-state index contributed by atoms with van der Waals surface area (Å²) in [4.78, 5) is 6.43. The first-order valence-corrected chi connectivity index (χ1v) is 7.52. The van der Waals surface area contributed by atoms with Crippen LogP contribution in [0.5, 0.6) is 0 Å². The highest BCUT2D eigenvalue weighted by Gasteiger charge is 2.02. The number of hydrogen-bond acceptors (Lipinski definition) is 3. The Hall–Kier alpha value is -1.70. The molecule has 5 nitrogen and oxygen atoms in total. The van der Waals surface area contributed by atoms with E-state index in [1.165, 1.54) is 5.69 Å². The highest BCUT2D eigenvalue weighted by molar-refractivity contribution is 14.0. The van der Waals surface area contributed by atoms with E-state index < -0.39 is 0 Å². The van der Waals surface area contributed by atoms with E-state index in [0.717, 1.165) is 37.8 Å². The fraction of sp³-hybridized carbons (Fsp3) is 0.353. The monoisotopic (exact) mass is 428 g/mol. The van der Waals surface area contributed by atoms with E-state index in [-0.39, 0.29) is 24.0 Å². The van der Waals surface area contributed by atoms with E-state index in [4.69, 9.17) is 4.42 Å². The highest BCUT2D eigenvalue weighted by atomic mass is 127. The van der Waals surface area contributed by atoms with Crippen LogP contribution in [-0.2, 0) is 6.42 Å². The van der Waals surface area contributed by atoms with Crippen LogP contribution in [0.1, 0.15) is 5.76 Å². The number of nitrogens with one attached hydrogen (secondary N) is 2. The number of benzene rings is 1. The number of anilines is 1. The smallest absolute Gasteiger partial charge is 0.191 e. The predicted molar refractivity (Wildman–Crippen MR) is 107 cm³/mol. The van der Waals surface area contributed by atoms with Gasteiger partial charge in [0.15, 0.2) is 5.96 Å². The van der Waals surface area contributed by atoms with Crippen LogP contribution >= 0.6 is 24.0 Å². The maximum atomic E-state index is 5.30. The minimum atomic E-state index is 0. The molecule has 6 heteroatoms. The number of para-hydroxylation sites is 1. The number of hydrogen-bond donors (Lipinski definition) is 2. The molecule has 0 atom stereocenters. The summed E-state index contributed by atoms with van der Waals surface area (Å²) in [5.74, 6) is 1.79. The molecule has 126 valence electrons. The standard InChI is InChI=1S/C17H24N4O.HI/c1-18-17(19-11-10-16-9-6-14-22-16)20-12-13-21(2)15-7-4-3-5-8-15;/h3-9,14H,10-13H2,1-2H3,(H2,18,19,20);1H. The van der Waals surface area contributed by atoms with E-state index in [2.05, 4.69) is 39.7 Å². The molecule has 0 radical (unpaired) electrons. The lowest BCUT2D eigenvalue weighted by Gasteiger charge is -2.20. The highest BCUT2D eigenvalue weighted by Crippen LogP contribution is 2.09. The zero-order chi connectivity index (χ0) is 15.6. The van der Waals surface area contributed by atoms with Crippen LogP contribution in [0.3, 0.4) is 0 Å². The second kappa shape index (κ2) is 10.9. The number of nitrogens with zero attached hydrogens (tertiary/aromatic N) is 2. The molecule has 0 spiro atoms. The summed E-state index contributed by atoms with van der Waals surface area (Å²) in [5.41, 5.74) is 1.21. The van der Waals surface area contributed by atoms with Crippen LogP contribution in [0.15, 0.2) is 58.1 Å². The van der Waals surface area contributed by atoms with Crippen molar-refractivity contribution >= 4 is 35.6 Å². The second-order valence-electron chi connectivity index (χ2n) is 5.01. The number of guanidine groups is 1. The molecule has 2 aromatic rings. The molecule has 1 aromatic carbocycles. The van der Waals surface area contributed by atoms with Crippen molar-refractivity contribution in [2.75, 3.05) is 38.6 Å². The number of aliphatic imine (C=N–C) groups is 1. The lowest BCUT2D eigenvalue weighted by Crippen LogP contribution is -2.41. The molecule has 0 unspecified atom stereocenters. The third-order valence-corrected chi connectivity index (χ3v) is 3.40. The van der Waals surface area contributed by atoms with E-state index in [1.807, 2.05) is 30.3 Å². The van der Waals surface area contributed by atoms with Crippen molar-refractivity contribution in [1.29, 1.82) is 0 Å². The normalized spacial score (nSPS) is 10.8. The molecule has 0 amide bonds. The van der Waals surface area contributed by atoms with Crippen LogP contribution in [0.2, 0.25) is 0 Å². The van der Waals surface area contributed by atoms with Crippen molar-refractivity contribution in [3.8, 4) is 0 Å². The van der Waals surface area contributed by atoms with Crippen LogP contribution < -0.4 is 15.5 Å². The molecule has 1 heterocycles. The van der Waals surface area contributed by atoms with Gasteiger partial charge < -0.3 is 20.0 Å². The summed E-state index contributed by atoms with van der Waals surface area (Å²) in [6.07, 6.45) is 2.54. The minimum absolute atomic E-state index is 0. The molecule has 0 fully saturated rings. The van der Waals surface area contributed by atoms with Gasteiger partial charge in [-0.1, -0.05) is 18.2 Å². The molecule has 1 aromatic heterocycles. The van der Waals surface area contributed by atoms with Gasteiger partial charge in [0.1, 0.15) is 5.76 Å². The largest absolute Gasteiger partial charge is 0.469 e. The first kappa shape index (κ1) is 19.3. The van der Waals surface area contributed by atoms with Crippen LogP contribution in [0.4, 0.5) is 5.69 Å². The van der Waals surface area contributed by atoms with Gasteiger partial charge in [-0.15, -0.1) is 24.0 Å². The lowest BCUT2D eigenvalue weighted by atomic mass is 10.3. The van der Waals surface area contributed by atoms with Crippen LogP contribution in [0, 0.1) is 0 Å².